The number of phenols is 1. The van der Waals surface area contributed by atoms with E-state index in [2.05, 4.69) is 25.7 Å². The number of carbonyl (C=O) groups excluding carboxylic acids is 2. The van der Waals surface area contributed by atoms with Crippen LogP contribution in [0.5, 0.6) is 5.75 Å². The van der Waals surface area contributed by atoms with Crippen LogP contribution in [0.4, 0.5) is 0 Å². The Kier molecular flexibility index (Phi) is 5.44. The first-order valence-electron chi connectivity index (χ1n) is 10.5. The number of rotatable bonds is 4. The molecule has 0 saturated heterocycles. The molecule has 1 aliphatic carbocycles. The van der Waals surface area contributed by atoms with Crippen LogP contribution in [0.25, 0.3) is 0 Å². The molecule has 2 unspecified atom stereocenters. The number of benzene rings is 2. The number of hydrogen-bond acceptors (Lipinski definition) is 5. The summed E-state index contributed by atoms with van der Waals surface area (Å²) < 4.78 is 5.64. The Morgan fingerprint density at radius 3 is 2.61 bits per heavy atom. The summed E-state index contributed by atoms with van der Waals surface area (Å²) in [6, 6.07) is 16.2. The third kappa shape index (κ3) is 4.26. The Morgan fingerprint density at radius 1 is 1.16 bits per heavy atom. The predicted molar refractivity (Wildman–Crippen MR) is 118 cm³/mol. The molecule has 31 heavy (non-hydrogen) atoms. The number of phenolic OH excluding ortho intramolecular Hbond substituents is 1. The highest BCUT2D eigenvalue weighted by atomic mass is 16.5. The van der Waals surface area contributed by atoms with Crippen molar-refractivity contribution in [2.75, 3.05) is 0 Å². The van der Waals surface area contributed by atoms with Crippen LogP contribution in [-0.4, -0.2) is 16.9 Å². The van der Waals surface area contributed by atoms with Crippen molar-refractivity contribution < 1.29 is 19.4 Å². The molecule has 0 aromatic heterocycles. The average Bonchev–Trinajstić information content (AvgIpc) is 2.71. The number of esters is 1. The number of ether oxygens (including phenoxy) is 1. The van der Waals surface area contributed by atoms with Crippen molar-refractivity contribution in [2.24, 2.45) is 11.3 Å². The second-order valence-corrected chi connectivity index (χ2v) is 9.13. The zero-order valence-electron chi connectivity index (χ0n) is 17.9. The molecule has 2 aromatic carbocycles. The zero-order chi connectivity index (χ0) is 22.2. The van der Waals surface area contributed by atoms with Gasteiger partial charge in [-0.05, 0) is 35.1 Å². The molecule has 2 atom stereocenters. The van der Waals surface area contributed by atoms with E-state index in [1.807, 2.05) is 36.4 Å². The molecular weight excluding hydrogens is 390 g/mol. The average molecular weight is 418 g/mol. The third-order valence-corrected chi connectivity index (χ3v) is 5.96. The van der Waals surface area contributed by atoms with Crippen LogP contribution >= 0.6 is 0 Å². The van der Waals surface area contributed by atoms with Crippen molar-refractivity contribution in [2.45, 2.75) is 39.2 Å². The molecule has 0 radical (unpaired) electrons. The SMILES string of the molecule is C=C1NC2=C(C(=O)CC(C)(C)C2)C(c2cccc(O)c2)C1C(=O)OCc1ccccc1. The highest BCUT2D eigenvalue weighted by Gasteiger charge is 2.46. The molecule has 2 aliphatic rings. The molecule has 0 fully saturated rings. The maximum absolute atomic E-state index is 13.2. The van der Waals surface area contributed by atoms with E-state index in [0.29, 0.717) is 29.7 Å². The summed E-state index contributed by atoms with van der Waals surface area (Å²) in [5.74, 6) is -1.67. The zero-order valence-corrected chi connectivity index (χ0v) is 17.9. The minimum absolute atomic E-state index is 0.0143. The van der Waals surface area contributed by atoms with Gasteiger partial charge in [-0.1, -0.05) is 62.9 Å². The molecule has 5 nitrogen and oxygen atoms in total. The van der Waals surface area contributed by atoms with Crippen molar-refractivity contribution in [3.63, 3.8) is 0 Å². The van der Waals surface area contributed by atoms with Gasteiger partial charge in [0.05, 0.1) is 0 Å². The van der Waals surface area contributed by atoms with Crippen LogP contribution in [0, 0.1) is 11.3 Å². The summed E-state index contributed by atoms with van der Waals surface area (Å²) in [6.45, 7) is 8.37. The molecule has 2 N–H and O–H groups in total. The summed E-state index contributed by atoms with van der Waals surface area (Å²) in [6.07, 6.45) is 1.09. The molecule has 2 aromatic rings. The van der Waals surface area contributed by atoms with E-state index in [0.717, 1.165) is 11.3 Å². The molecule has 0 bridgehead atoms. The second kappa shape index (κ2) is 8.06. The van der Waals surface area contributed by atoms with Gasteiger partial charge in [0.2, 0.25) is 0 Å². The lowest BCUT2D eigenvalue weighted by atomic mass is 9.66. The molecule has 0 saturated carbocycles. The summed E-state index contributed by atoms with van der Waals surface area (Å²) in [7, 11) is 0. The number of hydrogen-bond donors (Lipinski definition) is 2. The Hall–Kier alpha value is -3.34. The van der Waals surface area contributed by atoms with Gasteiger partial charge >= 0.3 is 5.97 Å². The minimum atomic E-state index is -0.769. The van der Waals surface area contributed by atoms with Crippen LogP contribution in [0.2, 0.25) is 0 Å². The van der Waals surface area contributed by atoms with E-state index >= 15 is 0 Å². The minimum Gasteiger partial charge on any atom is -0.508 e. The van der Waals surface area contributed by atoms with E-state index in [1.54, 1.807) is 18.2 Å². The van der Waals surface area contributed by atoms with Gasteiger partial charge in [-0.15, -0.1) is 0 Å². The number of aromatic hydroxyl groups is 1. The molecule has 5 heteroatoms. The lowest BCUT2D eigenvalue weighted by Crippen LogP contribution is -2.43. The third-order valence-electron chi connectivity index (χ3n) is 5.96. The predicted octanol–water partition coefficient (Wildman–Crippen LogP) is 4.60. The highest BCUT2D eigenvalue weighted by Crippen LogP contribution is 2.48. The Bertz CT molecular complexity index is 1070. The summed E-state index contributed by atoms with van der Waals surface area (Å²) in [4.78, 5) is 26.5. The van der Waals surface area contributed by atoms with E-state index in [9.17, 15) is 14.7 Å². The van der Waals surface area contributed by atoms with Crippen molar-refractivity contribution in [1.29, 1.82) is 0 Å². The summed E-state index contributed by atoms with van der Waals surface area (Å²) in [5.41, 5.74) is 3.33. The molecule has 1 aliphatic heterocycles. The quantitative estimate of drug-likeness (QED) is 0.712. The maximum Gasteiger partial charge on any atom is 0.316 e. The lowest BCUT2D eigenvalue weighted by Gasteiger charge is -2.42. The van der Waals surface area contributed by atoms with E-state index in [-0.39, 0.29) is 23.6 Å². The summed E-state index contributed by atoms with van der Waals surface area (Å²) in [5, 5.41) is 13.3. The Balaban J connectivity index is 1.73. The van der Waals surface area contributed by atoms with E-state index in [1.165, 1.54) is 0 Å². The van der Waals surface area contributed by atoms with Gasteiger partial charge in [-0.25, -0.2) is 0 Å². The van der Waals surface area contributed by atoms with Crippen LogP contribution in [0.1, 0.15) is 43.7 Å². The van der Waals surface area contributed by atoms with E-state index < -0.39 is 17.8 Å². The molecule has 4 rings (SSSR count). The van der Waals surface area contributed by atoms with Crippen molar-refractivity contribution in [1.82, 2.24) is 5.32 Å². The fourth-order valence-electron chi connectivity index (χ4n) is 4.62. The van der Waals surface area contributed by atoms with Gasteiger partial charge in [0, 0.05) is 29.3 Å². The first-order valence-corrected chi connectivity index (χ1v) is 10.5. The van der Waals surface area contributed by atoms with Gasteiger partial charge in [0.15, 0.2) is 5.78 Å². The van der Waals surface area contributed by atoms with Crippen molar-refractivity contribution >= 4 is 11.8 Å². The molecule has 0 amide bonds. The Labute approximate surface area is 182 Å². The molecule has 1 heterocycles. The number of nitrogens with one attached hydrogen (secondary N) is 1. The largest absolute Gasteiger partial charge is 0.508 e. The van der Waals surface area contributed by atoms with Gasteiger partial charge < -0.3 is 15.2 Å². The maximum atomic E-state index is 13.2. The standard InChI is InChI=1S/C26H27NO4/c1-16-22(25(30)31-15-17-8-5-4-6-9-17)23(18-10-7-11-19(28)12-18)24-20(27-16)13-26(2,3)14-21(24)29/h4-12,22-23,27-28H,1,13-15H2,2-3H3. The fraction of sp³-hybridized carbons (Fsp3) is 0.308. The topological polar surface area (TPSA) is 75.6 Å². The van der Waals surface area contributed by atoms with Crippen molar-refractivity contribution in [3.05, 3.63) is 89.3 Å². The van der Waals surface area contributed by atoms with Gasteiger partial charge in [-0.3, -0.25) is 9.59 Å². The number of carbonyl (C=O) groups is 2. The van der Waals surface area contributed by atoms with Crippen LogP contribution in [-0.2, 0) is 20.9 Å². The van der Waals surface area contributed by atoms with Crippen LogP contribution in [0.3, 0.4) is 0 Å². The normalized spacial score (nSPS) is 22.5. The Morgan fingerprint density at radius 2 is 1.90 bits per heavy atom. The number of ketones is 1. The monoisotopic (exact) mass is 417 g/mol. The van der Waals surface area contributed by atoms with Gasteiger partial charge in [-0.2, -0.15) is 0 Å². The van der Waals surface area contributed by atoms with Gasteiger partial charge in [0.25, 0.3) is 0 Å². The highest BCUT2D eigenvalue weighted by molar-refractivity contribution is 6.00. The smallest absolute Gasteiger partial charge is 0.316 e. The fourth-order valence-corrected chi connectivity index (χ4v) is 4.62. The summed E-state index contributed by atoms with van der Waals surface area (Å²) >= 11 is 0. The van der Waals surface area contributed by atoms with Crippen LogP contribution < -0.4 is 5.32 Å². The van der Waals surface area contributed by atoms with E-state index in [4.69, 9.17) is 4.74 Å². The van der Waals surface area contributed by atoms with Crippen molar-refractivity contribution in [3.8, 4) is 5.75 Å². The lowest BCUT2D eigenvalue weighted by molar-refractivity contribution is -0.149. The van der Waals surface area contributed by atoms with Crippen LogP contribution in [0.15, 0.2) is 78.1 Å². The number of allylic oxidation sites excluding steroid dienone is 2. The molecular formula is C26H27NO4. The first kappa shape index (κ1) is 20.9. The number of Topliss-reactive ketones (excluding diaryl/α,β-unsaturated/α-hetero) is 1. The van der Waals surface area contributed by atoms with Gasteiger partial charge in [0.1, 0.15) is 18.3 Å². The molecule has 160 valence electrons. The second-order valence-electron chi connectivity index (χ2n) is 9.13. The molecule has 0 spiro atoms. The first-order chi connectivity index (χ1) is 14.7.